The van der Waals surface area contributed by atoms with E-state index >= 15 is 0 Å². The Balaban J connectivity index is 2.05. The molecule has 0 radical (unpaired) electrons. The quantitative estimate of drug-likeness (QED) is 0.886. The summed E-state index contributed by atoms with van der Waals surface area (Å²) >= 11 is 7.86. The Kier molecular flexibility index (Phi) is 3.70. The second kappa shape index (κ2) is 5.03. The lowest BCUT2D eigenvalue weighted by Crippen LogP contribution is -2.26. The molecule has 0 aromatic carbocycles. The second-order valence-electron chi connectivity index (χ2n) is 3.65. The molecule has 0 spiro atoms. The van der Waals surface area contributed by atoms with E-state index < -0.39 is 0 Å². The van der Waals surface area contributed by atoms with Crippen molar-refractivity contribution >= 4 is 29.2 Å². The fourth-order valence-corrected chi connectivity index (χ4v) is 3.06. The number of hydrogen-bond donors (Lipinski definition) is 1. The van der Waals surface area contributed by atoms with Crippen molar-refractivity contribution in [1.82, 2.24) is 9.97 Å². The Morgan fingerprint density at radius 1 is 1.40 bits per heavy atom. The molecule has 15 heavy (non-hydrogen) atoms. The summed E-state index contributed by atoms with van der Waals surface area (Å²) in [5, 5.41) is 4.52. The lowest BCUT2D eigenvalue weighted by molar-refractivity contribution is 0.762. The van der Waals surface area contributed by atoms with Crippen molar-refractivity contribution in [2.75, 3.05) is 11.6 Å². The average Bonchev–Trinajstić information content (AvgIpc) is 2.69. The van der Waals surface area contributed by atoms with Crippen molar-refractivity contribution in [3.63, 3.8) is 0 Å². The Morgan fingerprint density at radius 3 is 2.93 bits per heavy atom. The highest BCUT2D eigenvalue weighted by Gasteiger charge is 2.27. The molecule has 1 aromatic rings. The van der Waals surface area contributed by atoms with Gasteiger partial charge in [-0.2, -0.15) is 11.8 Å². The van der Waals surface area contributed by atoms with Gasteiger partial charge in [-0.3, -0.25) is 0 Å². The number of hydrogen-bond acceptors (Lipinski definition) is 4. The summed E-state index contributed by atoms with van der Waals surface area (Å²) < 4.78 is 0. The van der Waals surface area contributed by atoms with Crippen molar-refractivity contribution in [3.05, 3.63) is 17.5 Å². The van der Waals surface area contributed by atoms with E-state index in [2.05, 4.69) is 21.5 Å². The van der Waals surface area contributed by atoms with E-state index in [1.165, 1.54) is 19.3 Å². The van der Waals surface area contributed by atoms with Crippen LogP contribution in [0.2, 0.25) is 5.15 Å². The molecule has 2 rings (SSSR count). The first-order valence-electron chi connectivity index (χ1n) is 5.07. The zero-order valence-corrected chi connectivity index (χ0v) is 10.2. The normalized spacial score (nSPS) is 25.5. The van der Waals surface area contributed by atoms with Crippen molar-refractivity contribution in [1.29, 1.82) is 0 Å². The molecule has 1 aliphatic carbocycles. The molecule has 2 atom stereocenters. The first-order chi connectivity index (χ1) is 7.31. The van der Waals surface area contributed by atoms with Gasteiger partial charge in [-0.05, 0) is 19.1 Å². The van der Waals surface area contributed by atoms with Gasteiger partial charge in [0, 0.05) is 23.7 Å². The standard InChI is InChI=1S/C10H14ClN3S/c1-15-8-4-2-3-7(8)14-10-9(11)12-5-6-13-10/h5-8H,2-4H2,1H3,(H,13,14). The highest BCUT2D eigenvalue weighted by atomic mass is 35.5. The molecule has 1 aromatic heterocycles. The first-order valence-corrected chi connectivity index (χ1v) is 6.73. The minimum Gasteiger partial charge on any atom is -0.364 e. The number of thioether (sulfide) groups is 1. The molecular formula is C10H14ClN3S. The molecule has 0 bridgehead atoms. The van der Waals surface area contributed by atoms with Crippen LogP contribution in [0.25, 0.3) is 0 Å². The van der Waals surface area contributed by atoms with Gasteiger partial charge in [-0.25, -0.2) is 9.97 Å². The van der Waals surface area contributed by atoms with Crippen molar-refractivity contribution in [2.45, 2.75) is 30.6 Å². The molecule has 1 aliphatic rings. The monoisotopic (exact) mass is 243 g/mol. The van der Waals surface area contributed by atoms with Gasteiger partial charge in [-0.15, -0.1) is 0 Å². The van der Waals surface area contributed by atoms with E-state index in [-0.39, 0.29) is 0 Å². The molecular weight excluding hydrogens is 230 g/mol. The van der Waals surface area contributed by atoms with Gasteiger partial charge in [0.1, 0.15) is 0 Å². The van der Waals surface area contributed by atoms with Crippen molar-refractivity contribution in [3.8, 4) is 0 Å². The zero-order chi connectivity index (χ0) is 10.7. The summed E-state index contributed by atoms with van der Waals surface area (Å²) in [4.78, 5) is 8.20. The van der Waals surface area contributed by atoms with E-state index in [1.54, 1.807) is 12.4 Å². The van der Waals surface area contributed by atoms with Crippen LogP contribution in [-0.4, -0.2) is 27.5 Å². The molecule has 3 nitrogen and oxygen atoms in total. The van der Waals surface area contributed by atoms with Gasteiger partial charge in [0.2, 0.25) is 0 Å². The van der Waals surface area contributed by atoms with Gasteiger partial charge in [0.25, 0.3) is 0 Å². The third-order valence-corrected chi connectivity index (χ3v) is 4.18. The lowest BCUT2D eigenvalue weighted by atomic mass is 10.2. The molecule has 0 saturated heterocycles. The predicted octanol–water partition coefficient (Wildman–Crippen LogP) is 2.83. The highest BCUT2D eigenvalue weighted by Crippen LogP contribution is 2.31. The SMILES string of the molecule is CSC1CCCC1Nc1nccnc1Cl. The molecule has 2 unspecified atom stereocenters. The van der Waals surface area contributed by atoms with Crippen LogP contribution in [0.3, 0.4) is 0 Å². The summed E-state index contributed by atoms with van der Waals surface area (Å²) in [6.45, 7) is 0. The van der Waals surface area contributed by atoms with Crippen LogP contribution in [-0.2, 0) is 0 Å². The smallest absolute Gasteiger partial charge is 0.171 e. The maximum atomic E-state index is 5.95. The molecule has 5 heteroatoms. The summed E-state index contributed by atoms with van der Waals surface area (Å²) in [6, 6.07) is 0.481. The van der Waals surface area contributed by atoms with Gasteiger partial charge >= 0.3 is 0 Å². The fourth-order valence-electron chi connectivity index (χ4n) is 1.97. The minimum absolute atomic E-state index is 0.462. The summed E-state index contributed by atoms with van der Waals surface area (Å²) in [5.74, 6) is 0.713. The molecule has 1 saturated carbocycles. The third-order valence-electron chi connectivity index (χ3n) is 2.73. The summed E-state index contributed by atoms with van der Waals surface area (Å²) in [7, 11) is 0. The van der Waals surface area contributed by atoms with Gasteiger partial charge in [-0.1, -0.05) is 18.0 Å². The number of nitrogens with zero attached hydrogens (tertiary/aromatic N) is 2. The second-order valence-corrected chi connectivity index (χ2v) is 5.09. The maximum absolute atomic E-state index is 5.95. The van der Waals surface area contributed by atoms with Crippen LogP contribution < -0.4 is 5.32 Å². The average molecular weight is 244 g/mol. The molecule has 1 fully saturated rings. The van der Waals surface area contributed by atoms with Crippen molar-refractivity contribution < 1.29 is 0 Å². The first kappa shape index (κ1) is 11.0. The topological polar surface area (TPSA) is 37.8 Å². The molecule has 1 N–H and O–H groups in total. The Hall–Kier alpha value is -0.480. The van der Waals surface area contributed by atoms with E-state index in [0.29, 0.717) is 22.3 Å². The number of anilines is 1. The van der Waals surface area contributed by atoms with Gasteiger partial charge in [0.15, 0.2) is 11.0 Å². The minimum atomic E-state index is 0.462. The zero-order valence-electron chi connectivity index (χ0n) is 8.61. The number of nitrogens with one attached hydrogen (secondary N) is 1. The van der Waals surface area contributed by atoms with Crippen molar-refractivity contribution in [2.24, 2.45) is 0 Å². The molecule has 1 heterocycles. The van der Waals surface area contributed by atoms with E-state index in [4.69, 9.17) is 11.6 Å². The van der Waals surface area contributed by atoms with Crippen LogP contribution >= 0.6 is 23.4 Å². The highest BCUT2D eigenvalue weighted by molar-refractivity contribution is 7.99. The number of halogens is 1. The molecule has 82 valence electrons. The maximum Gasteiger partial charge on any atom is 0.171 e. The Labute approximate surface area is 99.0 Å². The number of rotatable bonds is 3. The van der Waals surface area contributed by atoms with Crippen LogP contribution in [0.4, 0.5) is 5.82 Å². The largest absolute Gasteiger partial charge is 0.364 e. The van der Waals surface area contributed by atoms with Gasteiger partial charge < -0.3 is 5.32 Å². The molecule has 0 amide bonds. The summed E-state index contributed by atoms with van der Waals surface area (Å²) in [6.07, 6.45) is 9.17. The Morgan fingerprint density at radius 2 is 2.20 bits per heavy atom. The van der Waals surface area contributed by atoms with Crippen LogP contribution in [0.5, 0.6) is 0 Å². The van der Waals surface area contributed by atoms with E-state index in [9.17, 15) is 0 Å². The van der Waals surface area contributed by atoms with E-state index in [0.717, 1.165) is 0 Å². The summed E-state index contributed by atoms with van der Waals surface area (Å²) in [5.41, 5.74) is 0. The van der Waals surface area contributed by atoms with Crippen LogP contribution in [0, 0.1) is 0 Å². The number of aromatic nitrogens is 2. The van der Waals surface area contributed by atoms with Crippen LogP contribution in [0.1, 0.15) is 19.3 Å². The van der Waals surface area contributed by atoms with Crippen LogP contribution in [0.15, 0.2) is 12.4 Å². The lowest BCUT2D eigenvalue weighted by Gasteiger charge is -2.19. The third kappa shape index (κ3) is 2.55. The fraction of sp³-hybridized carbons (Fsp3) is 0.600. The molecule has 0 aliphatic heterocycles. The Bertz CT molecular complexity index is 334. The predicted molar refractivity (Wildman–Crippen MR) is 65.6 cm³/mol. The van der Waals surface area contributed by atoms with E-state index in [1.807, 2.05) is 11.8 Å². The van der Waals surface area contributed by atoms with Gasteiger partial charge in [0.05, 0.1) is 0 Å².